The zero-order valence-corrected chi connectivity index (χ0v) is 12.6. The third kappa shape index (κ3) is 3.61. The van der Waals surface area contributed by atoms with Crippen LogP contribution >= 0.6 is 27.3 Å². The lowest BCUT2D eigenvalue weighted by Gasteiger charge is -2.04. The highest BCUT2D eigenvalue weighted by atomic mass is 79.9. The Morgan fingerprint density at radius 3 is 2.95 bits per heavy atom. The second-order valence-corrected chi connectivity index (χ2v) is 5.69. The first kappa shape index (κ1) is 14.6. The van der Waals surface area contributed by atoms with Crippen LogP contribution in [0.1, 0.15) is 15.4 Å². The number of thiazole rings is 1. The molecule has 1 aromatic heterocycles. The second-order valence-electron chi connectivity index (χ2n) is 3.86. The van der Waals surface area contributed by atoms with Gasteiger partial charge in [-0.05, 0) is 28.1 Å². The van der Waals surface area contributed by atoms with Crippen molar-refractivity contribution < 1.29 is 9.72 Å². The number of benzene rings is 1. The molecular formula is C12H10BrN3O3S. The molecule has 0 unspecified atom stereocenters. The normalized spacial score (nSPS) is 10.2. The summed E-state index contributed by atoms with van der Waals surface area (Å²) in [6, 6.07) is 4.28. The Morgan fingerprint density at radius 1 is 1.50 bits per heavy atom. The molecule has 2 rings (SSSR count). The van der Waals surface area contributed by atoms with Crippen LogP contribution in [0.5, 0.6) is 0 Å². The minimum atomic E-state index is -0.531. The quantitative estimate of drug-likeness (QED) is 0.659. The molecule has 2 aromatic rings. The van der Waals surface area contributed by atoms with Crippen molar-refractivity contribution in [2.45, 2.75) is 6.42 Å². The Kier molecular flexibility index (Phi) is 4.80. The van der Waals surface area contributed by atoms with Crippen molar-refractivity contribution in [3.8, 4) is 0 Å². The van der Waals surface area contributed by atoms with Gasteiger partial charge in [0.05, 0.1) is 14.4 Å². The molecule has 0 saturated heterocycles. The lowest BCUT2D eigenvalue weighted by atomic mass is 10.2. The van der Waals surface area contributed by atoms with Crippen LogP contribution in [0.2, 0.25) is 0 Å². The molecule has 0 radical (unpaired) electrons. The van der Waals surface area contributed by atoms with Crippen molar-refractivity contribution in [3.63, 3.8) is 0 Å². The minimum Gasteiger partial charge on any atom is -0.352 e. The van der Waals surface area contributed by atoms with E-state index in [1.54, 1.807) is 6.20 Å². The lowest BCUT2D eigenvalue weighted by molar-refractivity contribution is -0.385. The third-order valence-electron chi connectivity index (χ3n) is 2.51. The number of aromatic nitrogens is 1. The first-order valence-corrected chi connectivity index (χ1v) is 7.35. The van der Waals surface area contributed by atoms with E-state index in [0.717, 1.165) is 5.01 Å². The smallest absolute Gasteiger partial charge is 0.284 e. The minimum absolute atomic E-state index is 0.127. The number of hydrogen-bond acceptors (Lipinski definition) is 5. The number of nitro benzene ring substituents is 1. The summed E-state index contributed by atoms with van der Waals surface area (Å²) < 4.78 is 0.349. The van der Waals surface area contributed by atoms with Gasteiger partial charge in [0.15, 0.2) is 0 Å². The summed E-state index contributed by atoms with van der Waals surface area (Å²) in [6.07, 6.45) is 2.35. The maximum absolute atomic E-state index is 11.9. The van der Waals surface area contributed by atoms with Crippen LogP contribution < -0.4 is 5.32 Å². The van der Waals surface area contributed by atoms with Gasteiger partial charge in [0.1, 0.15) is 0 Å². The van der Waals surface area contributed by atoms with Crippen LogP contribution in [-0.2, 0) is 6.42 Å². The molecule has 0 aliphatic carbocycles. The van der Waals surface area contributed by atoms with E-state index in [4.69, 9.17) is 0 Å². The molecule has 0 aliphatic heterocycles. The number of carbonyl (C=O) groups excluding carboxylic acids is 1. The maximum Gasteiger partial charge on any atom is 0.284 e. The number of rotatable bonds is 5. The fraction of sp³-hybridized carbons (Fsp3) is 0.167. The molecule has 0 aliphatic rings. The molecular weight excluding hydrogens is 346 g/mol. The van der Waals surface area contributed by atoms with Gasteiger partial charge in [-0.1, -0.05) is 0 Å². The summed E-state index contributed by atoms with van der Waals surface area (Å²) in [5, 5.41) is 16.3. The van der Waals surface area contributed by atoms with Crippen LogP contribution in [0.4, 0.5) is 5.69 Å². The molecule has 1 aromatic carbocycles. The molecule has 0 atom stereocenters. The number of carbonyl (C=O) groups is 1. The van der Waals surface area contributed by atoms with Crippen LogP contribution in [0.3, 0.4) is 0 Å². The van der Waals surface area contributed by atoms with E-state index in [1.165, 1.54) is 29.5 Å². The van der Waals surface area contributed by atoms with E-state index < -0.39 is 4.92 Å². The summed E-state index contributed by atoms with van der Waals surface area (Å²) in [5.74, 6) is -0.336. The van der Waals surface area contributed by atoms with Crippen LogP contribution in [0.15, 0.2) is 34.2 Å². The van der Waals surface area contributed by atoms with E-state index in [-0.39, 0.29) is 17.2 Å². The second kappa shape index (κ2) is 6.58. The molecule has 6 nitrogen and oxygen atoms in total. The van der Waals surface area contributed by atoms with E-state index in [9.17, 15) is 14.9 Å². The molecule has 0 spiro atoms. The van der Waals surface area contributed by atoms with Gasteiger partial charge in [-0.15, -0.1) is 11.3 Å². The van der Waals surface area contributed by atoms with Gasteiger partial charge >= 0.3 is 0 Å². The highest BCUT2D eigenvalue weighted by Gasteiger charge is 2.15. The van der Waals surface area contributed by atoms with E-state index in [1.807, 2.05) is 5.38 Å². The first-order chi connectivity index (χ1) is 9.58. The fourth-order valence-electron chi connectivity index (χ4n) is 1.56. The van der Waals surface area contributed by atoms with Crippen molar-refractivity contribution in [3.05, 3.63) is 54.9 Å². The Hall–Kier alpha value is -1.80. The molecule has 0 fully saturated rings. The van der Waals surface area contributed by atoms with Crippen LogP contribution in [-0.4, -0.2) is 22.4 Å². The first-order valence-electron chi connectivity index (χ1n) is 5.68. The van der Waals surface area contributed by atoms with Gasteiger partial charge in [0.25, 0.3) is 11.6 Å². The fourth-order valence-corrected chi connectivity index (χ4v) is 2.57. The SMILES string of the molecule is O=C(NCCc1nccs1)c1ccc(Br)c([N+](=O)[O-])c1. The number of nitrogens with one attached hydrogen (secondary N) is 1. The van der Waals surface area contributed by atoms with E-state index >= 15 is 0 Å². The van der Waals surface area contributed by atoms with Crippen LogP contribution in [0.25, 0.3) is 0 Å². The molecule has 104 valence electrons. The molecule has 0 bridgehead atoms. The predicted octanol–water partition coefficient (Wildman–Crippen LogP) is 2.79. The van der Waals surface area contributed by atoms with Gasteiger partial charge in [-0.2, -0.15) is 0 Å². The topological polar surface area (TPSA) is 85.1 Å². The van der Waals surface area contributed by atoms with Crippen molar-refractivity contribution in [1.82, 2.24) is 10.3 Å². The Bertz CT molecular complexity index is 631. The summed E-state index contributed by atoms with van der Waals surface area (Å²) in [7, 11) is 0. The lowest BCUT2D eigenvalue weighted by Crippen LogP contribution is -2.25. The van der Waals surface area contributed by atoms with Gasteiger partial charge in [-0.25, -0.2) is 4.98 Å². The zero-order valence-electron chi connectivity index (χ0n) is 10.2. The van der Waals surface area contributed by atoms with Crippen molar-refractivity contribution in [2.24, 2.45) is 0 Å². The molecule has 1 heterocycles. The Labute approximate surface area is 127 Å². The monoisotopic (exact) mass is 355 g/mol. The number of halogens is 1. The van der Waals surface area contributed by atoms with Crippen LogP contribution in [0, 0.1) is 10.1 Å². The summed E-state index contributed by atoms with van der Waals surface area (Å²) in [4.78, 5) is 26.3. The molecule has 20 heavy (non-hydrogen) atoms. The number of nitro groups is 1. The molecule has 1 N–H and O–H groups in total. The standard InChI is InChI=1S/C12H10BrN3O3S/c13-9-2-1-8(7-10(9)16(18)19)12(17)15-4-3-11-14-5-6-20-11/h1-2,5-7H,3-4H2,(H,15,17). The third-order valence-corrected chi connectivity index (χ3v) is 4.02. The van der Waals surface area contributed by atoms with E-state index in [2.05, 4.69) is 26.2 Å². The molecule has 8 heteroatoms. The Morgan fingerprint density at radius 2 is 2.30 bits per heavy atom. The molecule has 0 saturated carbocycles. The highest BCUT2D eigenvalue weighted by molar-refractivity contribution is 9.10. The van der Waals surface area contributed by atoms with Gasteiger partial charge in [0.2, 0.25) is 0 Å². The maximum atomic E-state index is 11.9. The highest BCUT2D eigenvalue weighted by Crippen LogP contribution is 2.25. The van der Waals surface area contributed by atoms with Gasteiger partial charge < -0.3 is 5.32 Å². The summed E-state index contributed by atoms with van der Waals surface area (Å²) in [6.45, 7) is 0.441. The predicted molar refractivity (Wildman–Crippen MR) is 78.9 cm³/mol. The van der Waals surface area contributed by atoms with Crippen molar-refractivity contribution in [1.29, 1.82) is 0 Å². The largest absolute Gasteiger partial charge is 0.352 e. The van der Waals surface area contributed by atoms with Crippen molar-refractivity contribution in [2.75, 3.05) is 6.54 Å². The number of hydrogen-bond donors (Lipinski definition) is 1. The average Bonchev–Trinajstić information content (AvgIpc) is 2.92. The van der Waals surface area contributed by atoms with Crippen molar-refractivity contribution >= 4 is 38.9 Å². The van der Waals surface area contributed by atoms with Gasteiger partial charge in [-0.3, -0.25) is 14.9 Å². The number of nitrogens with zero attached hydrogens (tertiary/aromatic N) is 2. The Balaban J connectivity index is 1.98. The zero-order chi connectivity index (χ0) is 14.5. The van der Waals surface area contributed by atoms with E-state index in [0.29, 0.717) is 17.4 Å². The van der Waals surface area contributed by atoms with Gasteiger partial charge in [0, 0.05) is 36.2 Å². The summed E-state index contributed by atoms with van der Waals surface area (Å²) in [5.41, 5.74) is 0.136. The molecule has 1 amide bonds. The summed E-state index contributed by atoms with van der Waals surface area (Å²) >= 11 is 4.60. The number of amides is 1. The average molecular weight is 356 g/mol.